The molecule has 0 aliphatic heterocycles. The van der Waals surface area contributed by atoms with Gasteiger partial charge in [-0.15, -0.1) is 0 Å². The van der Waals surface area contributed by atoms with Crippen LogP contribution in [0.2, 0.25) is 0 Å². The van der Waals surface area contributed by atoms with E-state index < -0.39 is 27.5 Å². The summed E-state index contributed by atoms with van der Waals surface area (Å²) in [5, 5.41) is 2.39. The summed E-state index contributed by atoms with van der Waals surface area (Å²) in [5.74, 6) is -1.11. The average Bonchev–Trinajstić information content (AvgIpc) is 2.52. The number of hydrogen-bond donors (Lipinski definition) is 2. The van der Waals surface area contributed by atoms with E-state index in [1.54, 1.807) is 0 Å². The maximum atomic E-state index is 12.5. The molecule has 9 nitrogen and oxygen atoms in total. The Morgan fingerprint density at radius 3 is 2.48 bits per heavy atom. The zero-order chi connectivity index (χ0) is 20.6. The summed E-state index contributed by atoms with van der Waals surface area (Å²) in [6.45, 7) is 2.57. The molecule has 0 aromatic carbocycles. The third-order valence-corrected chi connectivity index (χ3v) is 4.03. The van der Waals surface area contributed by atoms with Crippen LogP contribution in [0.1, 0.15) is 26.7 Å². The van der Waals surface area contributed by atoms with Gasteiger partial charge in [-0.2, -0.15) is 0 Å². The van der Waals surface area contributed by atoms with Crippen LogP contribution in [0.5, 0.6) is 0 Å². The molecular weight excluding hydrogens is 374 g/mol. The second-order valence-corrected chi connectivity index (χ2v) is 7.86. The van der Waals surface area contributed by atoms with Gasteiger partial charge in [0.2, 0.25) is 15.9 Å². The van der Waals surface area contributed by atoms with E-state index in [-0.39, 0.29) is 36.6 Å². The number of ketones is 2. The molecule has 10 heteroatoms. The maximum Gasteiger partial charge on any atom is 0.274 e. The number of sulfonamides is 1. The highest BCUT2D eigenvalue weighted by Gasteiger charge is 2.22. The van der Waals surface area contributed by atoms with E-state index in [1.807, 2.05) is 0 Å². The number of hydrogen-bond acceptors (Lipinski definition) is 6. The molecule has 1 aromatic heterocycles. The van der Waals surface area contributed by atoms with Gasteiger partial charge in [0.15, 0.2) is 5.78 Å². The number of allylic oxidation sites excluding steroid dienone is 2. The summed E-state index contributed by atoms with van der Waals surface area (Å²) in [4.78, 5) is 46.9. The molecule has 148 valence electrons. The number of aromatic nitrogens is 1. The minimum absolute atomic E-state index is 0.0664. The molecule has 1 aromatic rings. The van der Waals surface area contributed by atoms with Crippen LogP contribution in [0.15, 0.2) is 35.3 Å². The molecule has 1 rings (SSSR count). The molecule has 0 saturated heterocycles. The van der Waals surface area contributed by atoms with Gasteiger partial charge < -0.3 is 9.88 Å². The molecule has 0 unspecified atom stereocenters. The van der Waals surface area contributed by atoms with Crippen LogP contribution in [0.25, 0.3) is 0 Å². The second-order valence-electron chi connectivity index (χ2n) is 6.08. The highest BCUT2D eigenvalue weighted by Crippen LogP contribution is 2.06. The number of carbonyl (C=O) groups excluding carboxylic acids is 3. The Balaban J connectivity index is 2.97. The van der Waals surface area contributed by atoms with Crippen LogP contribution in [0, 0.1) is 0 Å². The molecule has 0 aliphatic carbocycles. The quantitative estimate of drug-likeness (QED) is 0.543. The fraction of sp³-hybridized carbons (Fsp3) is 0.412. The van der Waals surface area contributed by atoms with Gasteiger partial charge >= 0.3 is 0 Å². The van der Waals surface area contributed by atoms with Gasteiger partial charge in [-0.1, -0.05) is 6.08 Å². The molecule has 1 atom stereocenters. The van der Waals surface area contributed by atoms with Crippen molar-refractivity contribution in [2.45, 2.75) is 39.3 Å². The van der Waals surface area contributed by atoms with E-state index in [4.69, 9.17) is 0 Å². The van der Waals surface area contributed by atoms with Crippen LogP contribution < -0.4 is 15.6 Å². The van der Waals surface area contributed by atoms with Gasteiger partial charge in [0, 0.05) is 6.20 Å². The molecule has 0 saturated carbocycles. The van der Waals surface area contributed by atoms with Crippen molar-refractivity contribution in [3.8, 4) is 0 Å². The van der Waals surface area contributed by atoms with E-state index in [9.17, 15) is 27.6 Å². The van der Waals surface area contributed by atoms with E-state index >= 15 is 0 Å². The van der Waals surface area contributed by atoms with Crippen molar-refractivity contribution in [3.63, 3.8) is 0 Å². The van der Waals surface area contributed by atoms with Crippen molar-refractivity contribution in [1.82, 2.24) is 9.29 Å². The van der Waals surface area contributed by atoms with Crippen molar-refractivity contribution >= 4 is 33.2 Å². The van der Waals surface area contributed by atoms with Crippen LogP contribution in [-0.4, -0.2) is 42.8 Å². The summed E-state index contributed by atoms with van der Waals surface area (Å²) in [5.41, 5.74) is -0.640. The van der Waals surface area contributed by atoms with Crippen LogP contribution in [0.3, 0.4) is 0 Å². The Kier molecular flexibility index (Phi) is 8.26. The zero-order valence-electron chi connectivity index (χ0n) is 15.4. The molecule has 2 N–H and O–H groups in total. The predicted octanol–water partition coefficient (Wildman–Crippen LogP) is 0.219. The fourth-order valence-corrected chi connectivity index (χ4v) is 2.97. The number of amides is 1. The van der Waals surface area contributed by atoms with E-state index in [2.05, 4.69) is 10.0 Å². The summed E-state index contributed by atoms with van der Waals surface area (Å²) in [7, 11) is -3.68. The molecule has 0 fully saturated rings. The Hall–Kier alpha value is -2.59. The number of nitrogens with zero attached hydrogens (tertiary/aromatic N) is 1. The lowest BCUT2D eigenvalue weighted by molar-refractivity contribution is -0.118. The second kappa shape index (κ2) is 9.93. The first-order chi connectivity index (χ1) is 12.5. The van der Waals surface area contributed by atoms with Crippen molar-refractivity contribution in [2.24, 2.45) is 0 Å². The molecule has 0 aliphatic rings. The van der Waals surface area contributed by atoms with Gasteiger partial charge in [0.1, 0.15) is 17.5 Å². The molecular formula is C17H23N3O6S. The highest BCUT2D eigenvalue weighted by molar-refractivity contribution is 7.88. The number of anilines is 1. The molecule has 0 radical (unpaired) electrons. The summed E-state index contributed by atoms with van der Waals surface area (Å²) in [6.07, 6.45) is 5.57. The van der Waals surface area contributed by atoms with Crippen molar-refractivity contribution < 1.29 is 22.8 Å². The third-order valence-electron chi connectivity index (χ3n) is 3.32. The van der Waals surface area contributed by atoms with Gasteiger partial charge in [0.25, 0.3) is 5.56 Å². The minimum Gasteiger partial charge on any atom is -0.320 e. The predicted molar refractivity (Wildman–Crippen MR) is 101 cm³/mol. The lowest BCUT2D eigenvalue weighted by Crippen LogP contribution is -2.44. The first-order valence-electron chi connectivity index (χ1n) is 8.13. The number of Topliss-reactive ketones (excluding diaryl/α,β-unsaturated/α-hetero) is 1. The van der Waals surface area contributed by atoms with Gasteiger partial charge in [-0.05, 0) is 44.9 Å². The largest absolute Gasteiger partial charge is 0.320 e. The highest BCUT2D eigenvalue weighted by atomic mass is 32.2. The third kappa shape index (κ3) is 8.56. The molecule has 27 heavy (non-hydrogen) atoms. The number of pyridine rings is 1. The summed E-state index contributed by atoms with van der Waals surface area (Å²) in [6, 6.07) is 1.73. The first-order valence-corrected chi connectivity index (χ1v) is 10.0. The summed E-state index contributed by atoms with van der Waals surface area (Å²) < 4.78 is 26.4. The first kappa shape index (κ1) is 22.5. The molecule has 0 bridgehead atoms. The van der Waals surface area contributed by atoms with E-state index in [0.717, 1.165) is 10.8 Å². The zero-order valence-corrected chi connectivity index (χ0v) is 16.2. The Bertz CT molecular complexity index is 901. The van der Waals surface area contributed by atoms with Crippen LogP contribution in [-0.2, 0) is 31.0 Å². The monoisotopic (exact) mass is 397 g/mol. The van der Waals surface area contributed by atoms with Crippen LogP contribution in [0.4, 0.5) is 5.69 Å². The number of carbonyl (C=O) groups is 3. The molecule has 0 spiro atoms. The SMILES string of the molecule is CC(=O)/C=C/CC[C@H](NS(C)(=O)=O)C(=O)Nc1cccn(CC(C)=O)c1=O. The molecule has 1 amide bonds. The lowest BCUT2D eigenvalue weighted by Gasteiger charge is -2.17. The van der Waals surface area contributed by atoms with Gasteiger partial charge in [-0.25, -0.2) is 13.1 Å². The molecule has 1 heterocycles. The Morgan fingerprint density at radius 1 is 1.26 bits per heavy atom. The van der Waals surface area contributed by atoms with Gasteiger partial charge in [-0.3, -0.25) is 19.2 Å². The smallest absolute Gasteiger partial charge is 0.274 e. The van der Waals surface area contributed by atoms with E-state index in [1.165, 1.54) is 44.3 Å². The van der Waals surface area contributed by atoms with Crippen LogP contribution >= 0.6 is 0 Å². The Labute approximate surface area is 157 Å². The van der Waals surface area contributed by atoms with E-state index in [0.29, 0.717) is 0 Å². The van der Waals surface area contributed by atoms with Crippen molar-refractivity contribution in [3.05, 3.63) is 40.8 Å². The summed E-state index contributed by atoms with van der Waals surface area (Å²) >= 11 is 0. The fourth-order valence-electron chi connectivity index (χ4n) is 2.23. The van der Waals surface area contributed by atoms with Crippen molar-refractivity contribution in [2.75, 3.05) is 11.6 Å². The normalized spacial score (nSPS) is 12.7. The number of nitrogens with one attached hydrogen (secondary N) is 2. The average molecular weight is 397 g/mol. The van der Waals surface area contributed by atoms with Crippen molar-refractivity contribution in [1.29, 1.82) is 0 Å². The Morgan fingerprint density at radius 2 is 1.93 bits per heavy atom. The lowest BCUT2D eigenvalue weighted by atomic mass is 10.1. The van der Waals surface area contributed by atoms with Gasteiger partial charge in [0.05, 0.1) is 12.8 Å². The minimum atomic E-state index is -3.68. The topological polar surface area (TPSA) is 131 Å². The number of rotatable bonds is 10. The maximum absolute atomic E-state index is 12.5. The standard InChI is InChI=1S/C17H23N3O6S/c1-12(21)7-4-5-8-14(19-27(3,25)26)16(23)18-15-9-6-10-20(17(15)24)11-13(2)22/h4,6-7,9-10,14,19H,5,8,11H2,1-3H3,(H,18,23)/b7-4+/t14-/m0/s1.